The van der Waals surface area contributed by atoms with Crippen molar-refractivity contribution in [2.24, 2.45) is 0 Å². The third kappa shape index (κ3) is 5.87. The number of imide groups is 1. The molecule has 0 fully saturated rings. The first kappa shape index (κ1) is 17.8. The summed E-state index contributed by atoms with van der Waals surface area (Å²) < 4.78 is 4.73. The van der Waals surface area contributed by atoms with Crippen LogP contribution in [0.5, 0.6) is 0 Å². The molecule has 0 atom stereocenters. The van der Waals surface area contributed by atoms with Crippen molar-refractivity contribution in [1.82, 2.24) is 20.6 Å². The normalized spacial score (nSPS) is 10.4. The summed E-state index contributed by atoms with van der Waals surface area (Å²) in [6, 6.07) is 6.63. The second kappa shape index (κ2) is 8.92. The van der Waals surface area contributed by atoms with Crippen molar-refractivity contribution < 1.29 is 19.1 Å². The van der Waals surface area contributed by atoms with E-state index < -0.39 is 24.5 Å². The van der Waals surface area contributed by atoms with Crippen molar-refractivity contribution in [2.75, 3.05) is 13.2 Å². The predicted molar refractivity (Wildman–Crippen MR) is 91.3 cm³/mol. The number of carbonyl (C=O) groups is 3. The Hall–Kier alpha value is -3.55. The fourth-order valence-electron chi connectivity index (χ4n) is 1.76. The molecule has 128 valence electrons. The third-order valence-electron chi connectivity index (χ3n) is 2.86. The number of benzene rings is 1. The molecule has 0 unspecified atom stereocenters. The highest BCUT2D eigenvalue weighted by molar-refractivity contribution is 5.96. The third-order valence-corrected chi connectivity index (χ3v) is 2.86. The highest BCUT2D eigenvalue weighted by Gasteiger charge is 2.08. The number of nitrogens with one attached hydrogen (secondary N) is 2. The number of carbonyl (C=O) groups excluding carboxylic acids is 3. The number of rotatable bonds is 6. The first-order valence-electron chi connectivity index (χ1n) is 7.33. The lowest BCUT2D eigenvalue weighted by molar-refractivity contribution is -0.143. The number of esters is 1. The molecule has 0 bridgehead atoms. The molecule has 0 radical (unpaired) electrons. The largest absolute Gasteiger partial charge is 0.452 e. The highest BCUT2D eigenvalue weighted by atomic mass is 16.5. The second-order valence-corrected chi connectivity index (χ2v) is 4.77. The molecule has 2 aromatic rings. The van der Waals surface area contributed by atoms with Crippen molar-refractivity contribution in [3.8, 4) is 0 Å². The van der Waals surface area contributed by atoms with E-state index in [0.717, 1.165) is 11.6 Å². The summed E-state index contributed by atoms with van der Waals surface area (Å²) in [5.74, 6) is -1.48. The van der Waals surface area contributed by atoms with E-state index in [1.165, 1.54) is 18.3 Å². The number of para-hydroxylation sites is 2. The molecule has 0 saturated carbocycles. The zero-order valence-electron chi connectivity index (χ0n) is 13.3. The van der Waals surface area contributed by atoms with Gasteiger partial charge in [0.25, 0.3) is 5.91 Å². The van der Waals surface area contributed by atoms with Gasteiger partial charge in [-0.2, -0.15) is 0 Å². The van der Waals surface area contributed by atoms with Gasteiger partial charge in [0.15, 0.2) is 6.61 Å². The van der Waals surface area contributed by atoms with Crippen LogP contribution in [-0.4, -0.2) is 41.0 Å². The second-order valence-electron chi connectivity index (χ2n) is 4.77. The summed E-state index contributed by atoms with van der Waals surface area (Å²) in [5.41, 5.74) is 1.92. The highest BCUT2D eigenvalue weighted by Crippen LogP contribution is 2.09. The van der Waals surface area contributed by atoms with E-state index in [1.54, 1.807) is 6.07 Å². The van der Waals surface area contributed by atoms with Gasteiger partial charge in [0, 0.05) is 12.6 Å². The minimum atomic E-state index is -0.742. The summed E-state index contributed by atoms with van der Waals surface area (Å²) in [5, 5.41) is 4.36. The molecule has 0 aliphatic heterocycles. The topological polar surface area (TPSA) is 110 Å². The summed E-state index contributed by atoms with van der Waals surface area (Å²) in [6.45, 7) is 3.06. The van der Waals surface area contributed by atoms with Crippen molar-refractivity contribution in [1.29, 1.82) is 0 Å². The summed E-state index contributed by atoms with van der Waals surface area (Å²) in [4.78, 5) is 42.7. The van der Waals surface area contributed by atoms with Gasteiger partial charge in [0.2, 0.25) is 0 Å². The maximum atomic E-state index is 11.6. The van der Waals surface area contributed by atoms with Gasteiger partial charge in [-0.3, -0.25) is 15.1 Å². The average Bonchev–Trinajstić information content (AvgIpc) is 2.62. The van der Waals surface area contributed by atoms with Gasteiger partial charge in [0.05, 0.1) is 22.9 Å². The van der Waals surface area contributed by atoms with Crippen LogP contribution in [0.2, 0.25) is 0 Å². The Labute approximate surface area is 143 Å². The molecule has 0 saturated heterocycles. The first-order valence-corrected chi connectivity index (χ1v) is 7.33. The summed E-state index contributed by atoms with van der Waals surface area (Å²) >= 11 is 0. The van der Waals surface area contributed by atoms with E-state index in [-0.39, 0.29) is 6.54 Å². The van der Waals surface area contributed by atoms with Gasteiger partial charge in [0.1, 0.15) is 0 Å². The lowest BCUT2D eigenvalue weighted by atomic mass is 10.3. The number of amides is 3. The van der Waals surface area contributed by atoms with Crippen LogP contribution >= 0.6 is 0 Å². The van der Waals surface area contributed by atoms with Crippen LogP contribution < -0.4 is 10.6 Å². The maximum Gasteiger partial charge on any atom is 0.331 e. The molecule has 8 nitrogen and oxygen atoms in total. The van der Waals surface area contributed by atoms with E-state index in [2.05, 4.69) is 21.9 Å². The molecule has 2 rings (SSSR count). The Bertz CT molecular complexity index is 832. The van der Waals surface area contributed by atoms with Crippen LogP contribution in [0.3, 0.4) is 0 Å². The molecule has 0 aliphatic carbocycles. The maximum absolute atomic E-state index is 11.6. The number of fused-ring (bicyclic) bond motifs is 1. The Kier molecular flexibility index (Phi) is 6.35. The monoisotopic (exact) mass is 340 g/mol. The van der Waals surface area contributed by atoms with E-state index in [4.69, 9.17) is 4.74 Å². The molecule has 8 heteroatoms. The molecule has 25 heavy (non-hydrogen) atoms. The standard InChI is InChI=1S/C17H16N4O4/c1-2-9-18-17(24)21-15(22)11-25-16(23)8-7-12-10-19-13-5-3-4-6-14(13)20-12/h2-8,10H,1,9,11H2,(H2,18,21,22,24). The zero-order chi connectivity index (χ0) is 18.1. The lowest BCUT2D eigenvalue weighted by Crippen LogP contribution is -2.41. The number of ether oxygens (including phenoxy) is 1. The van der Waals surface area contributed by atoms with Gasteiger partial charge in [-0.15, -0.1) is 6.58 Å². The van der Waals surface area contributed by atoms with E-state index in [9.17, 15) is 14.4 Å². The van der Waals surface area contributed by atoms with Crippen LogP contribution in [-0.2, 0) is 14.3 Å². The molecule has 1 heterocycles. The summed E-state index contributed by atoms with van der Waals surface area (Å²) in [6.07, 6.45) is 5.54. The fourth-order valence-corrected chi connectivity index (χ4v) is 1.76. The lowest BCUT2D eigenvalue weighted by Gasteiger charge is -2.04. The van der Waals surface area contributed by atoms with Crippen LogP contribution in [0.4, 0.5) is 4.79 Å². The van der Waals surface area contributed by atoms with Crippen molar-refractivity contribution in [3.63, 3.8) is 0 Å². The Morgan fingerprint density at radius 3 is 2.72 bits per heavy atom. The first-order chi connectivity index (χ1) is 12.1. The van der Waals surface area contributed by atoms with E-state index in [0.29, 0.717) is 11.2 Å². The van der Waals surface area contributed by atoms with Crippen molar-refractivity contribution >= 4 is 35.0 Å². The zero-order valence-corrected chi connectivity index (χ0v) is 13.3. The van der Waals surface area contributed by atoms with E-state index >= 15 is 0 Å². The molecule has 0 spiro atoms. The Balaban J connectivity index is 1.82. The number of hydrogen-bond acceptors (Lipinski definition) is 6. The summed E-state index contributed by atoms with van der Waals surface area (Å²) in [7, 11) is 0. The van der Waals surface area contributed by atoms with Gasteiger partial charge >= 0.3 is 12.0 Å². The number of urea groups is 1. The minimum Gasteiger partial charge on any atom is -0.452 e. The van der Waals surface area contributed by atoms with Gasteiger partial charge in [-0.1, -0.05) is 18.2 Å². The molecule has 3 amide bonds. The molecule has 1 aromatic carbocycles. The van der Waals surface area contributed by atoms with Crippen molar-refractivity contribution in [2.45, 2.75) is 0 Å². The Morgan fingerprint density at radius 2 is 1.96 bits per heavy atom. The quantitative estimate of drug-likeness (QED) is 0.464. The smallest absolute Gasteiger partial charge is 0.331 e. The minimum absolute atomic E-state index is 0.217. The van der Waals surface area contributed by atoms with Crippen LogP contribution in [0.1, 0.15) is 5.69 Å². The average molecular weight is 340 g/mol. The number of aromatic nitrogens is 2. The molecular weight excluding hydrogens is 324 g/mol. The van der Waals surface area contributed by atoms with Crippen LogP contribution in [0.15, 0.2) is 49.2 Å². The van der Waals surface area contributed by atoms with Gasteiger partial charge in [-0.05, 0) is 18.2 Å². The van der Waals surface area contributed by atoms with Crippen LogP contribution in [0.25, 0.3) is 17.1 Å². The Morgan fingerprint density at radius 1 is 1.20 bits per heavy atom. The molecule has 1 aromatic heterocycles. The molecule has 2 N–H and O–H groups in total. The SMILES string of the molecule is C=CCNC(=O)NC(=O)COC(=O)C=Cc1cnc2ccccc2n1. The van der Waals surface area contributed by atoms with Gasteiger partial charge in [-0.25, -0.2) is 14.6 Å². The van der Waals surface area contributed by atoms with Gasteiger partial charge < -0.3 is 10.1 Å². The number of hydrogen-bond donors (Lipinski definition) is 2. The number of nitrogens with zero attached hydrogens (tertiary/aromatic N) is 2. The van der Waals surface area contributed by atoms with Crippen molar-refractivity contribution in [3.05, 3.63) is 54.9 Å². The molecular formula is C17H16N4O4. The molecule has 0 aliphatic rings. The predicted octanol–water partition coefficient (Wildman–Crippen LogP) is 1.20. The fraction of sp³-hybridized carbons (Fsp3) is 0.118. The van der Waals surface area contributed by atoms with E-state index in [1.807, 2.05) is 23.5 Å². The van der Waals surface area contributed by atoms with Crippen LogP contribution in [0, 0.1) is 0 Å².